The van der Waals surface area contributed by atoms with Crippen LogP contribution in [0.4, 0.5) is 19.0 Å². The lowest BCUT2D eigenvalue weighted by molar-refractivity contribution is 0.103. The number of H-pyrrole nitrogens is 1. The number of hydrogen-bond donors (Lipinski definition) is 2. The van der Waals surface area contributed by atoms with Gasteiger partial charge in [-0.05, 0) is 118 Å². The fourth-order valence-electron chi connectivity index (χ4n) is 6.34. The van der Waals surface area contributed by atoms with Crippen LogP contribution in [-0.2, 0) is 12.8 Å². The summed E-state index contributed by atoms with van der Waals surface area (Å²) < 4.78 is 44.3. The monoisotopic (exact) mass is 599 g/mol. The van der Waals surface area contributed by atoms with Crippen LogP contribution in [-0.4, -0.2) is 44.6 Å². The average Bonchev–Trinajstić information content (AvgIpc) is 3.60. The summed E-state index contributed by atoms with van der Waals surface area (Å²) in [5.74, 6) is -1.91. The smallest absolute Gasteiger partial charge is 0.214 e. The summed E-state index contributed by atoms with van der Waals surface area (Å²) >= 11 is 0. The molecule has 6 rings (SSSR count). The molecule has 0 spiro atoms. The van der Waals surface area contributed by atoms with Crippen molar-refractivity contribution in [3.8, 4) is 5.69 Å². The van der Waals surface area contributed by atoms with Crippen molar-refractivity contribution in [2.75, 3.05) is 18.8 Å². The largest absolute Gasteiger partial charge is 0.383 e. The highest BCUT2D eigenvalue weighted by atomic mass is 19.2. The lowest BCUT2D eigenvalue weighted by Gasteiger charge is -2.34. The summed E-state index contributed by atoms with van der Waals surface area (Å²) in [7, 11) is 0. The molecular formula is C35H36F3N5O. The van der Waals surface area contributed by atoms with E-state index < -0.39 is 11.6 Å². The second-order valence-electron chi connectivity index (χ2n) is 12.1. The number of nitrogen functional groups attached to an aromatic ring is 1. The Morgan fingerprint density at radius 3 is 2.52 bits per heavy atom. The molecule has 9 heteroatoms. The van der Waals surface area contributed by atoms with Crippen LogP contribution in [0.25, 0.3) is 16.6 Å². The van der Waals surface area contributed by atoms with Crippen molar-refractivity contribution in [3.63, 3.8) is 0 Å². The first kappa shape index (κ1) is 29.7. The third-order valence-electron chi connectivity index (χ3n) is 8.94. The van der Waals surface area contributed by atoms with Crippen LogP contribution in [0.2, 0.25) is 0 Å². The van der Waals surface area contributed by atoms with Crippen molar-refractivity contribution < 1.29 is 18.0 Å². The molecule has 0 radical (unpaired) electrons. The van der Waals surface area contributed by atoms with E-state index in [2.05, 4.69) is 28.8 Å². The molecule has 3 heterocycles. The number of anilines is 1. The van der Waals surface area contributed by atoms with Crippen LogP contribution in [0.15, 0.2) is 60.8 Å². The molecule has 1 saturated heterocycles. The lowest BCUT2D eigenvalue weighted by atomic mass is 9.88. The minimum atomic E-state index is -0.851. The zero-order valence-corrected chi connectivity index (χ0v) is 25.1. The maximum Gasteiger partial charge on any atom is 0.214 e. The summed E-state index contributed by atoms with van der Waals surface area (Å²) in [4.78, 5) is 19.0. The molecule has 0 bridgehead atoms. The second kappa shape index (κ2) is 12.0. The second-order valence-corrected chi connectivity index (χ2v) is 12.1. The molecule has 0 amide bonds. The molecule has 1 fully saturated rings. The number of carbonyl (C=O) groups excluding carboxylic acids is 1. The molecule has 3 aromatic carbocycles. The average molecular weight is 600 g/mol. The Morgan fingerprint density at radius 2 is 1.80 bits per heavy atom. The number of rotatable bonds is 8. The van der Waals surface area contributed by atoms with Crippen molar-refractivity contribution in [2.24, 2.45) is 0 Å². The van der Waals surface area contributed by atoms with E-state index in [0.717, 1.165) is 48.5 Å². The molecule has 0 saturated carbocycles. The van der Waals surface area contributed by atoms with Crippen LogP contribution < -0.4 is 5.73 Å². The zero-order chi connectivity index (χ0) is 31.1. The molecule has 0 unspecified atom stereocenters. The minimum absolute atomic E-state index is 0.148. The molecular weight excluding hydrogens is 563 g/mol. The normalized spacial score (nSPS) is 14.6. The van der Waals surface area contributed by atoms with Crippen LogP contribution in [0.1, 0.15) is 70.9 Å². The summed E-state index contributed by atoms with van der Waals surface area (Å²) in [6.07, 6.45) is 4.13. The number of halogens is 3. The zero-order valence-electron chi connectivity index (χ0n) is 25.1. The van der Waals surface area contributed by atoms with Gasteiger partial charge in [0.15, 0.2) is 11.6 Å². The lowest BCUT2D eigenvalue weighted by Crippen LogP contribution is -2.37. The third-order valence-corrected chi connectivity index (χ3v) is 8.94. The number of aromatic amines is 1. The van der Waals surface area contributed by atoms with Crippen LogP contribution in [0.5, 0.6) is 0 Å². The van der Waals surface area contributed by atoms with Gasteiger partial charge in [-0.2, -0.15) is 5.10 Å². The number of piperidine rings is 1. The molecule has 3 N–H and O–H groups in total. The predicted molar refractivity (Wildman–Crippen MR) is 167 cm³/mol. The summed E-state index contributed by atoms with van der Waals surface area (Å²) in [6.45, 7) is 8.15. The van der Waals surface area contributed by atoms with Crippen LogP contribution in [0, 0.1) is 24.4 Å². The van der Waals surface area contributed by atoms with Crippen LogP contribution >= 0.6 is 0 Å². The Bertz CT molecular complexity index is 1850. The number of nitrogens with zero attached hydrogens (tertiary/aromatic N) is 3. The number of fused-ring (bicyclic) bond motifs is 1. The third kappa shape index (κ3) is 5.64. The van der Waals surface area contributed by atoms with E-state index in [-0.39, 0.29) is 28.9 Å². The Morgan fingerprint density at radius 1 is 1.02 bits per heavy atom. The van der Waals surface area contributed by atoms with E-state index in [1.165, 1.54) is 23.0 Å². The number of aryl methyl sites for hydroxylation is 3. The van der Waals surface area contributed by atoms with Gasteiger partial charge >= 0.3 is 0 Å². The topological polar surface area (TPSA) is 79.9 Å². The molecule has 5 aromatic rings. The molecule has 228 valence electrons. The number of likely N-dealkylation sites (tertiary alicyclic amines) is 1. The van der Waals surface area contributed by atoms with E-state index in [4.69, 9.17) is 5.73 Å². The SMILES string of the molecule is Cc1cc(CCc2cccc(F)c2F)ccc1-n1ncc(C(=O)c2cc3cc(C4CCN(C(C)C)CC4)c(F)cc3[nH]2)c1N. The number of aromatic nitrogens is 3. The van der Waals surface area contributed by atoms with E-state index in [9.17, 15) is 13.6 Å². The van der Waals surface area contributed by atoms with Crippen molar-refractivity contribution in [2.45, 2.75) is 58.4 Å². The highest BCUT2D eigenvalue weighted by Gasteiger charge is 2.26. The molecule has 1 aliphatic heterocycles. The van der Waals surface area contributed by atoms with Gasteiger partial charge in [0.05, 0.1) is 23.1 Å². The number of carbonyl (C=O) groups is 1. The predicted octanol–water partition coefficient (Wildman–Crippen LogP) is 7.27. The highest BCUT2D eigenvalue weighted by Crippen LogP contribution is 2.34. The Hall–Kier alpha value is -4.37. The van der Waals surface area contributed by atoms with Crippen molar-refractivity contribution >= 4 is 22.5 Å². The first-order valence-electron chi connectivity index (χ1n) is 15.1. The molecule has 0 aliphatic carbocycles. The number of benzene rings is 3. The van der Waals surface area contributed by atoms with Crippen molar-refractivity contribution in [1.82, 2.24) is 19.7 Å². The number of hydrogen-bond acceptors (Lipinski definition) is 4. The van der Waals surface area contributed by atoms with Crippen molar-refractivity contribution in [1.29, 1.82) is 0 Å². The van der Waals surface area contributed by atoms with Gasteiger partial charge in [-0.1, -0.05) is 24.3 Å². The van der Waals surface area contributed by atoms with E-state index in [1.807, 2.05) is 31.2 Å². The maximum atomic E-state index is 15.2. The van der Waals surface area contributed by atoms with Gasteiger partial charge in [-0.25, -0.2) is 17.9 Å². The fraction of sp³-hybridized carbons (Fsp3) is 0.314. The first-order valence-corrected chi connectivity index (χ1v) is 15.1. The van der Waals surface area contributed by atoms with Gasteiger partial charge in [0.1, 0.15) is 11.6 Å². The maximum absolute atomic E-state index is 15.2. The number of ketones is 1. The van der Waals surface area contributed by atoms with Crippen molar-refractivity contribution in [3.05, 3.63) is 112 Å². The summed E-state index contributed by atoms with van der Waals surface area (Å²) in [6, 6.07) is 15.5. The summed E-state index contributed by atoms with van der Waals surface area (Å²) in [5.41, 5.74) is 11.1. The molecule has 6 nitrogen and oxygen atoms in total. The van der Waals surface area contributed by atoms with Crippen LogP contribution in [0.3, 0.4) is 0 Å². The first-order chi connectivity index (χ1) is 21.1. The van der Waals surface area contributed by atoms with Gasteiger partial charge in [-0.3, -0.25) is 4.79 Å². The Labute approximate surface area is 254 Å². The Balaban J connectivity index is 1.20. The van der Waals surface area contributed by atoms with E-state index >= 15 is 4.39 Å². The molecule has 44 heavy (non-hydrogen) atoms. The Kier molecular flexibility index (Phi) is 8.07. The highest BCUT2D eigenvalue weighted by molar-refractivity contribution is 6.12. The fourth-order valence-corrected chi connectivity index (χ4v) is 6.34. The molecule has 1 aliphatic rings. The van der Waals surface area contributed by atoms with E-state index in [0.29, 0.717) is 46.9 Å². The van der Waals surface area contributed by atoms with Gasteiger partial charge in [0.25, 0.3) is 0 Å². The number of nitrogens with two attached hydrogens (primary N) is 1. The van der Waals surface area contributed by atoms with Gasteiger partial charge < -0.3 is 15.6 Å². The summed E-state index contributed by atoms with van der Waals surface area (Å²) in [5, 5.41) is 5.19. The standard InChI is InChI=1S/C35H36F3N5O/c1-20(2)42-13-11-23(12-14-42)26-16-25-17-31(41-30(25)18-29(26)37)34(44)27-19-40-43(35(27)39)32-10-8-22(15-21(32)3)7-9-24-5-4-6-28(36)33(24)38/h4-6,8,10,15-20,23,41H,7,9,11-14,39H2,1-3H3. The van der Waals surface area contributed by atoms with Gasteiger partial charge in [0.2, 0.25) is 5.78 Å². The number of nitrogens with one attached hydrogen (secondary N) is 1. The molecule has 2 aromatic heterocycles. The minimum Gasteiger partial charge on any atom is -0.383 e. The quantitative estimate of drug-likeness (QED) is 0.184. The molecule has 0 atom stereocenters. The van der Waals surface area contributed by atoms with E-state index in [1.54, 1.807) is 12.1 Å². The van der Waals surface area contributed by atoms with Gasteiger partial charge in [-0.15, -0.1) is 0 Å². The van der Waals surface area contributed by atoms with Gasteiger partial charge in [0, 0.05) is 16.9 Å².